The maximum atomic E-state index is 5.29. The molecule has 0 saturated heterocycles. The van der Waals surface area contributed by atoms with E-state index in [4.69, 9.17) is 9.97 Å². The molecule has 0 radical (unpaired) electrons. The molecule has 0 bridgehead atoms. The van der Waals surface area contributed by atoms with E-state index in [-0.39, 0.29) is 5.92 Å². The lowest BCUT2D eigenvalue weighted by Gasteiger charge is -2.18. The molecule has 0 spiro atoms. The Kier molecular flexibility index (Phi) is 6.59. The molecule has 4 heteroatoms. The van der Waals surface area contributed by atoms with Crippen LogP contribution in [-0.2, 0) is 0 Å². The van der Waals surface area contributed by atoms with Gasteiger partial charge in [-0.05, 0) is 55.0 Å². The highest BCUT2D eigenvalue weighted by Gasteiger charge is 2.20. The third-order valence-electron chi connectivity index (χ3n) is 10.0. The average molecular weight is 641 g/mol. The van der Waals surface area contributed by atoms with Crippen LogP contribution in [0.15, 0.2) is 176 Å². The SMILES string of the molecule is C1=CCC(c2cc(-c3cc(-n4c5ccccc5c5ccccc54)cc(-n4c5ccccc5c5ccccc54)c3)nc(-c3ccccc3)n2)C=C1. The molecular weight excluding hydrogens is 609 g/mol. The molecule has 0 saturated carbocycles. The summed E-state index contributed by atoms with van der Waals surface area (Å²) in [5.74, 6) is 0.920. The Labute approximate surface area is 289 Å². The van der Waals surface area contributed by atoms with Gasteiger partial charge in [-0.15, -0.1) is 0 Å². The third-order valence-corrected chi connectivity index (χ3v) is 10.0. The molecule has 236 valence electrons. The van der Waals surface area contributed by atoms with Gasteiger partial charge in [-0.2, -0.15) is 0 Å². The van der Waals surface area contributed by atoms with Crippen molar-refractivity contribution in [2.45, 2.75) is 12.3 Å². The summed E-state index contributed by atoms with van der Waals surface area (Å²) in [7, 11) is 0. The van der Waals surface area contributed by atoms with E-state index in [1.807, 2.05) is 6.07 Å². The monoisotopic (exact) mass is 640 g/mol. The smallest absolute Gasteiger partial charge is 0.160 e. The Morgan fingerprint density at radius 3 is 1.46 bits per heavy atom. The van der Waals surface area contributed by atoms with Gasteiger partial charge in [0.25, 0.3) is 0 Å². The lowest BCUT2D eigenvalue weighted by molar-refractivity contribution is 0.811. The molecule has 3 aromatic heterocycles. The highest BCUT2D eigenvalue weighted by atomic mass is 15.0. The van der Waals surface area contributed by atoms with E-state index in [9.17, 15) is 0 Å². The van der Waals surface area contributed by atoms with Crippen LogP contribution in [0, 0.1) is 0 Å². The second-order valence-corrected chi connectivity index (χ2v) is 13.0. The van der Waals surface area contributed by atoms with E-state index in [0.29, 0.717) is 0 Å². The average Bonchev–Trinajstić information content (AvgIpc) is 3.71. The number of benzene rings is 6. The van der Waals surface area contributed by atoms with Crippen molar-refractivity contribution in [1.82, 2.24) is 19.1 Å². The van der Waals surface area contributed by atoms with Gasteiger partial charge in [0.2, 0.25) is 0 Å². The van der Waals surface area contributed by atoms with Crippen LogP contribution < -0.4 is 0 Å². The molecule has 0 aliphatic heterocycles. The molecular formula is C46H32N4. The number of fused-ring (bicyclic) bond motifs is 6. The zero-order valence-electron chi connectivity index (χ0n) is 27.3. The molecule has 1 unspecified atom stereocenters. The van der Waals surface area contributed by atoms with Crippen molar-refractivity contribution < 1.29 is 0 Å². The first kappa shape index (κ1) is 28.5. The van der Waals surface area contributed by atoms with Gasteiger partial charge < -0.3 is 9.13 Å². The second kappa shape index (κ2) is 11.6. The zero-order valence-corrected chi connectivity index (χ0v) is 27.3. The van der Waals surface area contributed by atoms with Crippen LogP contribution in [0.2, 0.25) is 0 Å². The fourth-order valence-electron chi connectivity index (χ4n) is 7.72. The molecule has 3 heterocycles. The van der Waals surface area contributed by atoms with E-state index >= 15 is 0 Å². The highest BCUT2D eigenvalue weighted by Crippen LogP contribution is 2.38. The molecule has 0 N–H and O–H groups in total. The number of rotatable bonds is 5. The minimum atomic E-state index is 0.182. The number of para-hydroxylation sites is 4. The standard InChI is InChI=1S/C46H32N4/c1-3-15-31(16-4-1)40-30-41(48-46(47-40)32-17-5-2-6-18-32)33-27-34(49-42-23-11-7-19-36(42)37-20-8-12-24-43(37)49)29-35(28-33)50-44-25-13-9-21-38(44)39-22-10-14-26-45(39)50/h1-15,17-31H,16H2. The largest absolute Gasteiger partial charge is 0.309 e. The third kappa shape index (κ3) is 4.61. The Hall–Kier alpha value is -6.52. The molecule has 1 atom stereocenters. The van der Waals surface area contributed by atoms with Gasteiger partial charge in [-0.3, -0.25) is 0 Å². The Morgan fingerprint density at radius 2 is 0.960 bits per heavy atom. The fourth-order valence-corrected chi connectivity index (χ4v) is 7.72. The van der Waals surface area contributed by atoms with Crippen molar-refractivity contribution in [2.75, 3.05) is 0 Å². The van der Waals surface area contributed by atoms with Crippen LogP contribution in [0.3, 0.4) is 0 Å². The van der Waals surface area contributed by atoms with Gasteiger partial charge in [-0.1, -0.05) is 127 Å². The van der Waals surface area contributed by atoms with Crippen molar-refractivity contribution in [3.8, 4) is 34.0 Å². The quantitative estimate of drug-likeness (QED) is 0.188. The van der Waals surface area contributed by atoms with Crippen molar-refractivity contribution in [1.29, 1.82) is 0 Å². The molecule has 9 aromatic rings. The van der Waals surface area contributed by atoms with Gasteiger partial charge >= 0.3 is 0 Å². The maximum Gasteiger partial charge on any atom is 0.160 e. The van der Waals surface area contributed by atoms with Crippen LogP contribution >= 0.6 is 0 Å². The number of hydrogen-bond donors (Lipinski definition) is 0. The summed E-state index contributed by atoms with van der Waals surface area (Å²) in [6.45, 7) is 0. The minimum absolute atomic E-state index is 0.182. The topological polar surface area (TPSA) is 35.6 Å². The maximum absolute atomic E-state index is 5.29. The van der Waals surface area contributed by atoms with Gasteiger partial charge in [0.15, 0.2) is 5.82 Å². The van der Waals surface area contributed by atoms with Crippen molar-refractivity contribution in [3.05, 3.63) is 182 Å². The minimum Gasteiger partial charge on any atom is -0.309 e. The summed E-state index contributed by atoms with van der Waals surface area (Å²) in [5, 5.41) is 4.94. The highest BCUT2D eigenvalue weighted by molar-refractivity contribution is 6.10. The Morgan fingerprint density at radius 1 is 0.460 bits per heavy atom. The Balaban J connectivity index is 1.30. The molecule has 0 fully saturated rings. The summed E-state index contributed by atoms with van der Waals surface area (Å²) in [5.41, 5.74) is 10.8. The summed E-state index contributed by atoms with van der Waals surface area (Å²) in [4.78, 5) is 10.4. The molecule has 1 aliphatic rings. The second-order valence-electron chi connectivity index (χ2n) is 13.0. The van der Waals surface area contributed by atoms with Crippen molar-refractivity contribution >= 4 is 43.6 Å². The summed E-state index contributed by atoms with van der Waals surface area (Å²) in [6.07, 6.45) is 9.62. The molecule has 6 aromatic carbocycles. The number of allylic oxidation sites excluding steroid dienone is 4. The predicted octanol–water partition coefficient (Wildman–Crippen LogP) is 11.6. The van der Waals surface area contributed by atoms with Gasteiger partial charge in [0.05, 0.1) is 33.5 Å². The van der Waals surface area contributed by atoms with Gasteiger partial charge in [-0.25, -0.2) is 9.97 Å². The van der Waals surface area contributed by atoms with Crippen LogP contribution in [0.5, 0.6) is 0 Å². The lowest BCUT2D eigenvalue weighted by atomic mass is 9.95. The van der Waals surface area contributed by atoms with Crippen molar-refractivity contribution in [3.63, 3.8) is 0 Å². The molecule has 1 aliphatic carbocycles. The molecule has 4 nitrogen and oxygen atoms in total. The molecule has 10 rings (SSSR count). The van der Waals surface area contributed by atoms with Crippen LogP contribution in [0.25, 0.3) is 77.6 Å². The fraction of sp³-hybridized carbons (Fsp3) is 0.0435. The number of aromatic nitrogens is 4. The van der Waals surface area contributed by atoms with Crippen molar-refractivity contribution in [2.24, 2.45) is 0 Å². The summed E-state index contributed by atoms with van der Waals surface area (Å²) < 4.78 is 4.81. The molecule has 0 amide bonds. The normalized spacial score (nSPS) is 14.4. The number of hydrogen-bond acceptors (Lipinski definition) is 2. The number of nitrogens with zero attached hydrogens (tertiary/aromatic N) is 4. The summed E-state index contributed by atoms with van der Waals surface area (Å²) in [6, 6.07) is 54.3. The first-order chi connectivity index (χ1) is 24.8. The van der Waals surface area contributed by atoms with Gasteiger partial charge in [0, 0.05) is 50.0 Å². The van der Waals surface area contributed by atoms with Gasteiger partial charge in [0.1, 0.15) is 0 Å². The summed E-state index contributed by atoms with van der Waals surface area (Å²) >= 11 is 0. The first-order valence-electron chi connectivity index (χ1n) is 17.2. The van der Waals surface area contributed by atoms with Crippen LogP contribution in [0.4, 0.5) is 0 Å². The zero-order chi connectivity index (χ0) is 33.0. The van der Waals surface area contributed by atoms with Crippen LogP contribution in [0.1, 0.15) is 18.0 Å². The van der Waals surface area contributed by atoms with E-state index in [1.165, 1.54) is 43.6 Å². The van der Waals surface area contributed by atoms with Crippen LogP contribution in [-0.4, -0.2) is 19.1 Å². The Bertz CT molecular complexity index is 2560. The van der Waals surface area contributed by atoms with E-state index in [2.05, 4.69) is 179 Å². The van der Waals surface area contributed by atoms with E-state index in [1.54, 1.807) is 0 Å². The van der Waals surface area contributed by atoms with E-state index in [0.717, 1.165) is 46.1 Å². The van der Waals surface area contributed by atoms with E-state index < -0.39 is 0 Å². The first-order valence-corrected chi connectivity index (χ1v) is 17.2. The lowest BCUT2D eigenvalue weighted by Crippen LogP contribution is -2.05. The molecule has 50 heavy (non-hydrogen) atoms. The predicted molar refractivity (Wildman–Crippen MR) is 207 cm³/mol.